The van der Waals surface area contributed by atoms with Crippen molar-refractivity contribution in [3.05, 3.63) is 52.2 Å². The Morgan fingerprint density at radius 1 is 1.35 bits per heavy atom. The Morgan fingerprint density at radius 2 is 2.12 bits per heavy atom. The number of hydrogen-bond donors (Lipinski definition) is 1. The summed E-state index contributed by atoms with van der Waals surface area (Å²) in [5.41, 5.74) is 1.47. The zero-order valence-corrected chi connectivity index (χ0v) is 9.12. The van der Waals surface area contributed by atoms with E-state index in [0.29, 0.717) is 16.8 Å². The van der Waals surface area contributed by atoms with Crippen LogP contribution in [-0.2, 0) is 0 Å². The molecule has 1 aromatic carbocycles. The van der Waals surface area contributed by atoms with Gasteiger partial charge in [0.1, 0.15) is 11.4 Å². The lowest BCUT2D eigenvalue weighted by Gasteiger charge is -2.04. The van der Waals surface area contributed by atoms with Gasteiger partial charge in [0.15, 0.2) is 0 Å². The molecule has 0 saturated heterocycles. The highest BCUT2D eigenvalue weighted by molar-refractivity contribution is 5.68. The highest BCUT2D eigenvalue weighted by Crippen LogP contribution is 2.30. The summed E-state index contributed by atoms with van der Waals surface area (Å²) in [5, 5.41) is 20.4. The van der Waals surface area contributed by atoms with Crippen LogP contribution in [-0.4, -0.2) is 15.0 Å². The SMILES string of the molecule is Cc1ccc(-c2ncccc2O)cc1[N+](=O)[O-]. The summed E-state index contributed by atoms with van der Waals surface area (Å²) in [6, 6.07) is 7.85. The van der Waals surface area contributed by atoms with Crippen molar-refractivity contribution in [2.24, 2.45) is 0 Å². The summed E-state index contributed by atoms with van der Waals surface area (Å²) in [6.45, 7) is 1.67. The molecule has 5 heteroatoms. The quantitative estimate of drug-likeness (QED) is 0.635. The number of benzene rings is 1. The van der Waals surface area contributed by atoms with E-state index in [4.69, 9.17) is 0 Å². The fourth-order valence-corrected chi connectivity index (χ4v) is 1.57. The predicted molar refractivity (Wildman–Crippen MR) is 62.7 cm³/mol. The van der Waals surface area contributed by atoms with Crippen molar-refractivity contribution in [3.63, 3.8) is 0 Å². The molecule has 0 aliphatic heterocycles. The molecule has 0 saturated carbocycles. The highest BCUT2D eigenvalue weighted by atomic mass is 16.6. The second-order valence-electron chi connectivity index (χ2n) is 3.63. The minimum Gasteiger partial charge on any atom is -0.506 e. The average Bonchev–Trinajstić information content (AvgIpc) is 2.30. The molecule has 0 spiro atoms. The van der Waals surface area contributed by atoms with Crippen molar-refractivity contribution >= 4 is 5.69 Å². The van der Waals surface area contributed by atoms with Crippen LogP contribution in [0.1, 0.15) is 5.56 Å². The van der Waals surface area contributed by atoms with Crippen LogP contribution in [0.15, 0.2) is 36.5 Å². The van der Waals surface area contributed by atoms with Crippen molar-refractivity contribution in [1.29, 1.82) is 0 Å². The third-order valence-electron chi connectivity index (χ3n) is 2.47. The Labute approximate surface area is 97.5 Å². The molecule has 0 aliphatic carbocycles. The Kier molecular flexibility index (Phi) is 2.74. The molecule has 2 rings (SSSR count). The summed E-state index contributed by atoms with van der Waals surface area (Å²) < 4.78 is 0. The minimum absolute atomic E-state index is 0.00523. The fourth-order valence-electron chi connectivity index (χ4n) is 1.57. The largest absolute Gasteiger partial charge is 0.506 e. The molecule has 2 aromatic rings. The molecule has 86 valence electrons. The van der Waals surface area contributed by atoms with E-state index in [1.165, 1.54) is 18.3 Å². The second-order valence-corrected chi connectivity index (χ2v) is 3.63. The summed E-state index contributed by atoms with van der Waals surface area (Å²) in [4.78, 5) is 14.4. The number of aromatic hydroxyl groups is 1. The van der Waals surface area contributed by atoms with Gasteiger partial charge in [0, 0.05) is 23.4 Å². The molecule has 1 heterocycles. The minimum atomic E-state index is -0.446. The van der Waals surface area contributed by atoms with Gasteiger partial charge in [-0.15, -0.1) is 0 Å². The van der Waals surface area contributed by atoms with Crippen molar-refractivity contribution in [2.45, 2.75) is 6.92 Å². The highest BCUT2D eigenvalue weighted by Gasteiger charge is 2.13. The molecule has 0 atom stereocenters. The van der Waals surface area contributed by atoms with Crippen LogP contribution in [0.5, 0.6) is 5.75 Å². The first kappa shape index (κ1) is 11.1. The van der Waals surface area contributed by atoms with E-state index < -0.39 is 4.92 Å². The first-order chi connectivity index (χ1) is 8.09. The van der Waals surface area contributed by atoms with E-state index >= 15 is 0 Å². The van der Waals surface area contributed by atoms with Gasteiger partial charge < -0.3 is 5.11 Å². The number of aryl methyl sites for hydroxylation is 1. The van der Waals surface area contributed by atoms with E-state index in [9.17, 15) is 15.2 Å². The van der Waals surface area contributed by atoms with Gasteiger partial charge in [0.25, 0.3) is 5.69 Å². The standard InChI is InChI=1S/C12H10N2O3/c1-8-4-5-9(7-10(8)14(16)17)12-11(15)3-2-6-13-12/h2-7,15H,1H3. The van der Waals surface area contributed by atoms with Gasteiger partial charge in [0.05, 0.1) is 4.92 Å². The van der Waals surface area contributed by atoms with E-state index in [-0.39, 0.29) is 11.4 Å². The topological polar surface area (TPSA) is 76.3 Å². The Morgan fingerprint density at radius 3 is 2.76 bits per heavy atom. The normalized spacial score (nSPS) is 10.2. The molecule has 1 N–H and O–H groups in total. The van der Waals surface area contributed by atoms with Crippen molar-refractivity contribution in [1.82, 2.24) is 4.98 Å². The van der Waals surface area contributed by atoms with E-state index in [0.717, 1.165) is 0 Å². The maximum Gasteiger partial charge on any atom is 0.272 e. The van der Waals surface area contributed by atoms with Crippen LogP contribution in [0, 0.1) is 17.0 Å². The Hall–Kier alpha value is -2.43. The van der Waals surface area contributed by atoms with Crippen molar-refractivity contribution in [3.8, 4) is 17.0 Å². The summed E-state index contributed by atoms with van der Waals surface area (Å²) in [7, 11) is 0. The zero-order valence-electron chi connectivity index (χ0n) is 9.12. The lowest BCUT2D eigenvalue weighted by atomic mass is 10.1. The number of pyridine rings is 1. The molecule has 17 heavy (non-hydrogen) atoms. The Bertz CT molecular complexity index is 582. The van der Waals surface area contributed by atoms with Gasteiger partial charge >= 0.3 is 0 Å². The number of nitrogens with zero attached hydrogens (tertiary/aromatic N) is 2. The van der Waals surface area contributed by atoms with Crippen molar-refractivity contribution < 1.29 is 10.0 Å². The number of aromatic nitrogens is 1. The number of nitro benzene ring substituents is 1. The Balaban J connectivity index is 2.58. The summed E-state index contributed by atoms with van der Waals surface area (Å²) in [6.07, 6.45) is 1.53. The molecule has 5 nitrogen and oxygen atoms in total. The number of nitro groups is 1. The molecule has 0 unspecified atom stereocenters. The van der Waals surface area contributed by atoms with Crippen LogP contribution < -0.4 is 0 Å². The van der Waals surface area contributed by atoms with Gasteiger partial charge in [-0.2, -0.15) is 0 Å². The molecular weight excluding hydrogens is 220 g/mol. The fraction of sp³-hybridized carbons (Fsp3) is 0.0833. The van der Waals surface area contributed by atoms with Gasteiger partial charge in [0.2, 0.25) is 0 Å². The molecule has 0 radical (unpaired) electrons. The molecule has 0 amide bonds. The smallest absolute Gasteiger partial charge is 0.272 e. The third kappa shape index (κ3) is 2.08. The molecule has 0 bridgehead atoms. The predicted octanol–water partition coefficient (Wildman–Crippen LogP) is 2.67. The average molecular weight is 230 g/mol. The monoisotopic (exact) mass is 230 g/mol. The van der Waals surface area contributed by atoms with E-state index in [1.807, 2.05) is 0 Å². The molecule has 0 aliphatic rings. The van der Waals surface area contributed by atoms with Gasteiger partial charge in [-0.3, -0.25) is 15.1 Å². The van der Waals surface area contributed by atoms with E-state index in [1.54, 1.807) is 25.1 Å². The van der Waals surface area contributed by atoms with Gasteiger partial charge in [-0.1, -0.05) is 12.1 Å². The number of rotatable bonds is 2. The lowest BCUT2D eigenvalue weighted by Crippen LogP contribution is -1.93. The molecule has 1 aromatic heterocycles. The van der Waals surface area contributed by atoms with Gasteiger partial charge in [-0.05, 0) is 19.1 Å². The summed E-state index contributed by atoms with van der Waals surface area (Å²) >= 11 is 0. The number of hydrogen-bond acceptors (Lipinski definition) is 4. The van der Waals surface area contributed by atoms with Crippen LogP contribution in [0.2, 0.25) is 0 Å². The summed E-state index contributed by atoms with van der Waals surface area (Å²) in [5.74, 6) is 0.00523. The second kappa shape index (κ2) is 4.21. The zero-order chi connectivity index (χ0) is 12.4. The van der Waals surface area contributed by atoms with Gasteiger partial charge in [-0.25, -0.2) is 0 Å². The van der Waals surface area contributed by atoms with Crippen LogP contribution >= 0.6 is 0 Å². The van der Waals surface area contributed by atoms with Crippen LogP contribution in [0.25, 0.3) is 11.3 Å². The van der Waals surface area contributed by atoms with Crippen LogP contribution in [0.4, 0.5) is 5.69 Å². The maximum absolute atomic E-state index is 10.8. The van der Waals surface area contributed by atoms with Crippen molar-refractivity contribution in [2.75, 3.05) is 0 Å². The molecule has 0 fully saturated rings. The first-order valence-electron chi connectivity index (χ1n) is 4.99. The maximum atomic E-state index is 10.8. The lowest BCUT2D eigenvalue weighted by molar-refractivity contribution is -0.385. The first-order valence-corrected chi connectivity index (χ1v) is 4.99. The third-order valence-corrected chi connectivity index (χ3v) is 2.47. The van der Waals surface area contributed by atoms with E-state index in [2.05, 4.69) is 4.98 Å². The van der Waals surface area contributed by atoms with Crippen LogP contribution in [0.3, 0.4) is 0 Å². The molecular formula is C12H10N2O3.